The van der Waals surface area contributed by atoms with Crippen molar-refractivity contribution in [2.75, 3.05) is 26.3 Å². The summed E-state index contributed by atoms with van der Waals surface area (Å²) in [6, 6.07) is 3.41. The number of halogens is 2. The van der Waals surface area contributed by atoms with Crippen LogP contribution in [-0.4, -0.2) is 62.9 Å². The molecule has 0 aliphatic carbocycles. The lowest BCUT2D eigenvalue weighted by Crippen LogP contribution is -2.49. The van der Waals surface area contributed by atoms with Crippen LogP contribution in [0.5, 0.6) is 0 Å². The topological polar surface area (TPSA) is 69.5 Å². The highest BCUT2D eigenvalue weighted by Crippen LogP contribution is 2.43. The summed E-state index contributed by atoms with van der Waals surface area (Å²) in [6.45, 7) is 4.32. The minimum atomic E-state index is -0.923. The Balaban J connectivity index is 1.45. The number of hydrogen-bond acceptors (Lipinski definition) is 7. The predicted octanol–water partition coefficient (Wildman–Crippen LogP) is 2.81. The van der Waals surface area contributed by atoms with Gasteiger partial charge in [-0.2, -0.15) is 4.68 Å². The molecule has 2 unspecified atom stereocenters. The molecule has 4 heterocycles. The van der Waals surface area contributed by atoms with Gasteiger partial charge in [-0.05, 0) is 17.7 Å². The lowest BCUT2D eigenvalue weighted by molar-refractivity contribution is -0.187. The van der Waals surface area contributed by atoms with Crippen LogP contribution in [0.4, 0.5) is 8.78 Å². The summed E-state index contributed by atoms with van der Waals surface area (Å²) in [5.74, 6) is -1.97. The molecule has 3 aliphatic rings. The van der Waals surface area contributed by atoms with Crippen molar-refractivity contribution in [2.24, 2.45) is 0 Å². The summed E-state index contributed by atoms with van der Waals surface area (Å²) in [4.78, 5) is 19.7. The Kier molecular flexibility index (Phi) is 5.12. The van der Waals surface area contributed by atoms with Crippen LogP contribution in [0.25, 0.3) is 0 Å². The molecule has 2 fully saturated rings. The number of hydrogen-bond donors (Lipinski definition) is 0. The van der Waals surface area contributed by atoms with E-state index in [9.17, 15) is 13.6 Å². The van der Waals surface area contributed by atoms with E-state index in [1.807, 2.05) is 6.92 Å². The van der Waals surface area contributed by atoms with Gasteiger partial charge in [-0.25, -0.2) is 13.8 Å². The van der Waals surface area contributed by atoms with Crippen molar-refractivity contribution in [3.05, 3.63) is 41.2 Å². The van der Waals surface area contributed by atoms with Crippen molar-refractivity contribution in [1.29, 1.82) is 0 Å². The van der Waals surface area contributed by atoms with E-state index in [4.69, 9.17) is 9.47 Å². The van der Waals surface area contributed by atoms with Gasteiger partial charge < -0.3 is 9.47 Å². The van der Waals surface area contributed by atoms with E-state index in [0.29, 0.717) is 62.1 Å². The fourth-order valence-electron chi connectivity index (χ4n) is 4.39. The number of benzene rings is 1. The van der Waals surface area contributed by atoms with E-state index in [1.54, 1.807) is 6.07 Å². The van der Waals surface area contributed by atoms with E-state index in [0.717, 1.165) is 6.07 Å². The molecule has 0 radical (unpaired) electrons. The maximum Gasteiger partial charge on any atom is 0.264 e. The Hall–Kier alpha value is -1.88. The molecule has 7 nitrogen and oxygen atoms in total. The maximum atomic E-state index is 14.1. The number of nitrogens with zero attached hydrogens (tertiary/aromatic N) is 4. The molecule has 1 spiro atoms. The smallest absolute Gasteiger partial charge is 0.264 e. The molecule has 1 aromatic heterocycles. The third-order valence-corrected chi connectivity index (χ3v) is 7.15. The van der Waals surface area contributed by atoms with Crippen LogP contribution in [0, 0.1) is 11.6 Å². The Morgan fingerprint density at radius 2 is 1.97 bits per heavy atom. The summed E-state index contributed by atoms with van der Waals surface area (Å²) >= 11 is 1.33. The normalized spacial score (nSPS) is 24.5. The van der Waals surface area contributed by atoms with Crippen LogP contribution in [0.1, 0.15) is 42.0 Å². The van der Waals surface area contributed by atoms with Crippen molar-refractivity contribution in [1.82, 2.24) is 19.7 Å². The standard InChI is InChI=1S/C20H22F2N4O3S/c1-2-15-23-19-26(24-15)18(27)17(30-19)16(12-3-4-13(21)14(22)11-12)25-7-5-20(6-8-25)28-9-10-29-20/h3-4,11,16-17H,2,5-10H2,1H3. The van der Waals surface area contributed by atoms with Gasteiger partial charge in [-0.1, -0.05) is 24.8 Å². The van der Waals surface area contributed by atoms with E-state index in [-0.39, 0.29) is 5.91 Å². The van der Waals surface area contributed by atoms with E-state index in [2.05, 4.69) is 15.0 Å². The largest absolute Gasteiger partial charge is 0.347 e. The summed E-state index contributed by atoms with van der Waals surface area (Å²) in [7, 11) is 0. The number of aromatic nitrogens is 3. The number of aryl methyl sites for hydroxylation is 1. The number of fused-ring (bicyclic) bond motifs is 1. The predicted molar refractivity (Wildman–Crippen MR) is 104 cm³/mol. The molecule has 5 rings (SSSR count). The van der Waals surface area contributed by atoms with Gasteiger partial charge >= 0.3 is 0 Å². The monoisotopic (exact) mass is 436 g/mol. The van der Waals surface area contributed by atoms with Crippen LogP contribution in [0.3, 0.4) is 0 Å². The molecule has 2 aromatic rings. The number of carbonyl (C=O) groups is 1. The fraction of sp³-hybridized carbons (Fsp3) is 0.550. The molecule has 0 amide bonds. The number of piperidine rings is 1. The Morgan fingerprint density at radius 1 is 1.23 bits per heavy atom. The van der Waals surface area contributed by atoms with Gasteiger partial charge in [0.15, 0.2) is 28.4 Å². The van der Waals surface area contributed by atoms with Gasteiger partial charge in [0.05, 0.1) is 19.3 Å². The zero-order valence-electron chi connectivity index (χ0n) is 16.5. The lowest BCUT2D eigenvalue weighted by Gasteiger charge is -2.42. The van der Waals surface area contributed by atoms with Gasteiger partial charge in [0, 0.05) is 32.4 Å². The molecule has 160 valence electrons. The van der Waals surface area contributed by atoms with Gasteiger partial charge in [-0.15, -0.1) is 5.10 Å². The third kappa shape index (κ3) is 3.35. The van der Waals surface area contributed by atoms with Gasteiger partial charge in [0.2, 0.25) is 0 Å². The quantitative estimate of drug-likeness (QED) is 0.730. The Bertz CT molecular complexity index is 969. The summed E-state index contributed by atoms with van der Waals surface area (Å²) in [5, 5.41) is 4.29. The summed E-state index contributed by atoms with van der Waals surface area (Å²) in [5.41, 5.74) is 0.561. The lowest BCUT2D eigenvalue weighted by atomic mass is 9.95. The first-order chi connectivity index (χ1) is 14.5. The average Bonchev–Trinajstić information content (AvgIpc) is 3.44. The zero-order chi connectivity index (χ0) is 20.9. The first kappa shape index (κ1) is 20.0. The average molecular weight is 436 g/mol. The molecular weight excluding hydrogens is 414 g/mol. The molecule has 2 saturated heterocycles. The summed E-state index contributed by atoms with van der Waals surface area (Å²) in [6.07, 6.45) is 1.95. The van der Waals surface area contributed by atoms with Crippen molar-refractivity contribution in [3.8, 4) is 0 Å². The van der Waals surface area contributed by atoms with Crippen molar-refractivity contribution in [2.45, 2.75) is 48.4 Å². The van der Waals surface area contributed by atoms with Crippen LogP contribution >= 0.6 is 11.8 Å². The fourth-order valence-corrected chi connectivity index (χ4v) is 5.67. The van der Waals surface area contributed by atoms with Gasteiger partial charge in [-0.3, -0.25) is 9.69 Å². The number of ether oxygens (including phenoxy) is 2. The van der Waals surface area contributed by atoms with Crippen molar-refractivity contribution >= 4 is 17.7 Å². The second-order valence-corrected chi connectivity index (χ2v) is 8.82. The molecule has 0 saturated carbocycles. The van der Waals surface area contributed by atoms with Crippen molar-refractivity contribution < 1.29 is 23.0 Å². The molecule has 0 bridgehead atoms. The first-order valence-corrected chi connectivity index (χ1v) is 11.0. The number of thioether (sulfide) groups is 1. The second kappa shape index (κ2) is 7.67. The zero-order valence-corrected chi connectivity index (χ0v) is 17.3. The van der Waals surface area contributed by atoms with E-state index < -0.39 is 28.7 Å². The van der Waals surface area contributed by atoms with Crippen LogP contribution in [0.15, 0.2) is 23.4 Å². The maximum absolute atomic E-state index is 14.1. The summed E-state index contributed by atoms with van der Waals surface area (Å²) < 4.78 is 40.6. The van der Waals surface area contributed by atoms with E-state index in [1.165, 1.54) is 22.5 Å². The minimum absolute atomic E-state index is 0.189. The van der Waals surface area contributed by atoms with Gasteiger partial charge in [0.1, 0.15) is 5.25 Å². The Morgan fingerprint density at radius 3 is 2.60 bits per heavy atom. The van der Waals surface area contributed by atoms with E-state index >= 15 is 0 Å². The third-order valence-electron chi connectivity index (χ3n) is 5.96. The molecule has 1 aromatic carbocycles. The van der Waals surface area contributed by atoms with Crippen LogP contribution in [0.2, 0.25) is 0 Å². The van der Waals surface area contributed by atoms with Gasteiger partial charge in [0.25, 0.3) is 5.91 Å². The van der Waals surface area contributed by atoms with Crippen LogP contribution < -0.4 is 0 Å². The molecule has 10 heteroatoms. The number of likely N-dealkylation sites (tertiary alicyclic amines) is 1. The highest BCUT2D eigenvalue weighted by atomic mass is 32.2. The number of carbonyl (C=O) groups excluding carboxylic acids is 1. The Labute approximate surface area is 176 Å². The molecular formula is C20H22F2N4O3S. The number of rotatable bonds is 4. The molecule has 2 atom stereocenters. The molecule has 3 aliphatic heterocycles. The minimum Gasteiger partial charge on any atom is -0.347 e. The SMILES string of the molecule is CCc1nc2n(n1)C(=O)C(C(c1ccc(F)c(F)c1)N1CCC3(CC1)OCCO3)S2. The first-order valence-electron chi connectivity index (χ1n) is 10.1. The highest BCUT2D eigenvalue weighted by Gasteiger charge is 2.47. The molecule has 30 heavy (non-hydrogen) atoms. The highest BCUT2D eigenvalue weighted by molar-refractivity contribution is 8.00. The van der Waals surface area contributed by atoms with Crippen LogP contribution in [-0.2, 0) is 15.9 Å². The molecule has 0 N–H and O–H groups in total. The van der Waals surface area contributed by atoms with Crippen molar-refractivity contribution in [3.63, 3.8) is 0 Å². The second-order valence-electron chi connectivity index (χ2n) is 7.71.